The van der Waals surface area contributed by atoms with Crippen LogP contribution in [0.3, 0.4) is 0 Å². The van der Waals surface area contributed by atoms with Gasteiger partial charge in [-0.2, -0.15) is 0 Å². The molecule has 1 atom stereocenters. The van der Waals surface area contributed by atoms with Crippen LogP contribution in [-0.4, -0.2) is 29.4 Å². The van der Waals surface area contributed by atoms with Gasteiger partial charge in [0, 0.05) is 17.5 Å². The number of aromatic nitrogens is 1. The van der Waals surface area contributed by atoms with Gasteiger partial charge in [0.1, 0.15) is 10.8 Å². The standard InChI is InChI=1S/C24H26N2O2S/c1-3-17-9-11-18(12-10-17)24-25-20(16-29-24)15-23(27)26-13-5-8-22(26)19-6-4-7-21(14-19)28-2/h4,6-7,9-12,14,16,22H,3,5,8,13,15H2,1-2H3. The second-order valence-corrected chi connectivity index (χ2v) is 8.25. The molecule has 0 spiro atoms. The molecular formula is C24H26N2O2S. The summed E-state index contributed by atoms with van der Waals surface area (Å²) in [4.78, 5) is 19.8. The summed E-state index contributed by atoms with van der Waals surface area (Å²) in [6, 6.07) is 16.7. The van der Waals surface area contributed by atoms with Gasteiger partial charge in [0.15, 0.2) is 0 Å². The van der Waals surface area contributed by atoms with E-state index in [4.69, 9.17) is 9.72 Å². The topological polar surface area (TPSA) is 42.4 Å². The smallest absolute Gasteiger partial charge is 0.229 e. The molecule has 0 aliphatic carbocycles. The zero-order valence-corrected chi connectivity index (χ0v) is 17.7. The first-order valence-electron chi connectivity index (χ1n) is 10.1. The first kappa shape index (κ1) is 19.6. The predicted molar refractivity (Wildman–Crippen MR) is 117 cm³/mol. The number of methoxy groups -OCH3 is 1. The Bertz CT molecular complexity index is 981. The molecule has 1 unspecified atom stereocenters. The van der Waals surface area contributed by atoms with E-state index in [0.717, 1.165) is 53.4 Å². The van der Waals surface area contributed by atoms with E-state index in [9.17, 15) is 4.79 Å². The molecule has 1 aromatic heterocycles. The van der Waals surface area contributed by atoms with Crippen LogP contribution in [0.15, 0.2) is 53.9 Å². The van der Waals surface area contributed by atoms with Crippen molar-refractivity contribution in [2.24, 2.45) is 0 Å². The van der Waals surface area contributed by atoms with E-state index in [1.807, 2.05) is 28.5 Å². The third kappa shape index (κ3) is 4.35. The van der Waals surface area contributed by atoms with Gasteiger partial charge in [0.05, 0.1) is 25.3 Å². The molecule has 1 saturated heterocycles. The molecule has 29 heavy (non-hydrogen) atoms. The molecule has 1 aliphatic rings. The number of benzene rings is 2. The lowest BCUT2D eigenvalue weighted by molar-refractivity contribution is -0.131. The number of carbonyl (C=O) groups is 1. The fourth-order valence-electron chi connectivity index (χ4n) is 3.92. The van der Waals surface area contributed by atoms with Crippen molar-refractivity contribution in [2.45, 2.75) is 38.6 Å². The largest absolute Gasteiger partial charge is 0.497 e. The highest BCUT2D eigenvalue weighted by Gasteiger charge is 2.30. The summed E-state index contributed by atoms with van der Waals surface area (Å²) in [5.74, 6) is 0.980. The van der Waals surface area contributed by atoms with Crippen molar-refractivity contribution in [3.63, 3.8) is 0 Å². The highest BCUT2D eigenvalue weighted by molar-refractivity contribution is 7.13. The molecule has 4 nitrogen and oxygen atoms in total. The summed E-state index contributed by atoms with van der Waals surface area (Å²) < 4.78 is 5.35. The van der Waals surface area contributed by atoms with E-state index in [1.54, 1.807) is 18.4 Å². The number of ether oxygens (including phenoxy) is 1. The summed E-state index contributed by atoms with van der Waals surface area (Å²) in [6.07, 6.45) is 3.40. The Labute approximate surface area is 176 Å². The molecule has 1 amide bonds. The second-order valence-electron chi connectivity index (χ2n) is 7.39. The average Bonchev–Trinajstić information content (AvgIpc) is 3.44. The van der Waals surface area contributed by atoms with Gasteiger partial charge in [-0.15, -0.1) is 11.3 Å². The maximum Gasteiger partial charge on any atom is 0.229 e. The van der Waals surface area contributed by atoms with Crippen molar-refractivity contribution in [3.8, 4) is 16.3 Å². The Morgan fingerprint density at radius 1 is 1.24 bits per heavy atom. The SMILES string of the molecule is CCc1ccc(-c2nc(CC(=O)N3CCCC3c3cccc(OC)c3)cs2)cc1. The van der Waals surface area contributed by atoms with Crippen LogP contribution in [0.5, 0.6) is 5.75 Å². The van der Waals surface area contributed by atoms with Gasteiger partial charge < -0.3 is 9.64 Å². The van der Waals surface area contributed by atoms with Crippen LogP contribution in [0.25, 0.3) is 10.6 Å². The van der Waals surface area contributed by atoms with Gasteiger partial charge in [-0.1, -0.05) is 43.3 Å². The molecule has 3 aromatic rings. The summed E-state index contributed by atoms with van der Waals surface area (Å²) in [5, 5.41) is 2.98. The Balaban J connectivity index is 1.46. The van der Waals surface area contributed by atoms with Gasteiger partial charge in [0.2, 0.25) is 5.91 Å². The number of aryl methyl sites for hydroxylation is 1. The fraction of sp³-hybridized carbons (Fsp3) is 0.333. The van der Waals surface area contributed by atoms with Crippen LogP contribution in [0.2, 0.25) is 0 Å². The average molecular weight is 407 g/mol. The van der Waals surface area contributed by atoms with Crippen molar-refractivity contribution >= 4 is 17.2 Å². The van der Waals surface area contributed by atoms with Crippen LogP contribution in [-0.2, 0) is 17.6 Å². The molecule has 0 saturated carbocycles. The van der Waals surface area contributed by atoms with E-state index in [1.165, 1.54) is 5.56 Å². The fourth-order valence-corrected chi connectivity index (χ4v) is 4.75. The van der Waals surface area contributed by atoms with E-state index in [2.05, 4.69) is 37.3 Å². The second kappa shape index (κ2) is 8.78. The Kier molecular flexibility index (Phi) is 5.95. The van der Waals surface area contributed by atoms with Crippen LogP contribution >= 0.6 is 11.3 Å². The lowest BCUT2D eigenvalue weighted by Crippen LogP contribution is -2.31. The molecule has 0 radical (unpaired) electrons. The van der Waals surface area contributed by atoms with E-state index >= 15 is 0 Å². The molecule has 0 bridgehead atoms. The van der Waals surface area contributed by atoms with Gasteiger partial charge in [-0.05, 0) is 42.5 Å². The third-order valence-corrected chi connectivity index (χ3v) is 6.49. The Morgan fingerprint density at radius 2 is 2.07 bits per heavy atom. The highest BCUT2D eigenvalue weighted by Crippen LogP contribution is 2.34. The van der Waals surface area contributed by atoms with Gasteiger partial charge >= 0.3 is 0 Å². The zero-order chi connectivity index (χ0) is 20.2. The molecule has 1 aliphatic heterocycles. The lowest BCUT2D eigenvalue weighted by Gasteiger charge is -2.25. The predicted octanol–water partition coefficient (Wildman–Crippen LogP) is 5.29. The monoisotopic (exact) mass is 406 g/mol. The maximum atomic E-state index is 13.0. The number of carbonyl (C=O) groups excluding carboxylic acids is 1. The zero-order valence-electron chi connectivity index (χ0n) is 16.9. The van der Waals surface area contributed by atoms with E-state index in [-0.39, 0.29) is 11.9 Å². The van der Waals surface area contributed by atoms with Crippen molar-refractivity contribution in [3.05, 3.63) is 70.7 Å². The van der Waals surface area contributed by atoms with Crippen molar-refractivity contribution in [1.29, 1.82) is 0 Å². The molecule has 5 heteroatoms. The van der Waals surface area contributed by atoms with E-state index < -0.39 is 0 Å². The molecule has 2 aromatic carbocycles. The molecule has 4 rings (SSSR count). The Morgan fingerprint density at radius 3 is 2.83 bits per heavy atom. The molecule has 1 fully saturated rings. The van der Waals surface area contributed by atoms with Gasteiger partial charge in [-0.3, -0.25) is 4.79 Å². The van der Waals surface area contributed by atoms with Gasteiger partial charge in [0.25, 0.3) is 0 Å². The van der Waals surface area contributed by atoms with Crippen LogP contribution in [0.1, 0.15) is 42.6 Å². The van der Waals surface area contributed by atoms with Gasteiger partial charge in [-0.25, -0.2) is 4.98 Å². The number of likely N-dealkylation sites (tertiary alicyclic amines) is 1. The van der Waals surface area contributed by atoms with Crippen LogP contribution in [0, 0.1) is 0 Å². The first-order valence-corrected chi connectivity index (χ1v) is 11.0. The lowest BCUT2D eigenvalue weighted by atomic mass is 10.0. The minimum Gasteiger partial charge on any atom is -0.497 e. The molecule has 0 N–H and O–H groups in total. The maximum absolute atomic E-state index is 13.0. The third-order valence-electron chi connectivity index (χ3n) is 5.54. The van der Waals surface area contributed by atoms with Crippen molar-refractivity contribution in [1.82, 2.24) is 9.88 Å². The summed E-state index contributed by atoms with van der Waals surface area (Å²) >= 11 is 1.60. The summed E-state index contributed by atoms with van der Waals surface area (Å²) in [6.45, 7) is 2.95. The normalized spacial score (nSPS) is 16.2. The minimum absolute atomic E-state index is 0.122. The first-order chi connectivity index (χ1) is 14.2. The number of hydrogen-bond donors (Lipinski definition) is 0. The number of thiazole rings is 1. The van der Waals surface area contributed by atoms with E-state index in [0.29, 0.717) is 6.42 Å². The van der Waals surface area contributed by atoms with Crippen LogP contribution < -0.4 is 4.74 Å². The minimum atomic E-state index is 0.122. The number of rotatable bonds is 6. The number of amides is 1. The number of nitrogens with zero attached hydrogens (tertiary/aromatic N) is 2. The Hall–Kier alpha value is -2.66. The molecule has 150 valence electrons. The molecular weight excluding hydrogens is 380 g/mol. The molecule has 2 heterocycles. The van der Waals surface area contributed by atoms with Crippen molar-refractivity contribution in [2.75, 3.05) is 13.7 Å². The van der Waals surface area contributed by atoms with Crippen molar-refractivity contribution < 1.29 is 9.53 Å². The summed E-state index contributed by atoms with van der Waals surface area (Å²) in [5.41, 5.74) is 4.43. The summed E-state index contributed by atoms with van der Waals surface area (Å²) in [7, 11) is 1.67. The quantitative estimate of drug-likeness (QED) is 0.559. The van der Waals surface area contributed by atoms with Crippen LogP contribution in [0.4, 0.5) is 0 Å². The highest BCUT2D eigenvalue weighted by atomic mass is 32.1. The number of hydrogen-bond acceptors (Lipinski definition) is 4.